The van der Waals surface area contributed by atoms with Crippen LogP contribution in [0.25, 0.3) is 10.9 Å². The Hall–Kier alpha value is -2.99. The van der Waals surface area contributed by atoms with Gasteiger partial charge in [-0.1, -0.05) is 29.8 Å². The number of hydrazone groups is 1. The lowest BCUT2D eigenvalue weighted by Crippen LogP contribution is -2.17. The maximum absolute atomic E-state index is 12.2. The van der Waals surface area contributed by atoms with Crippen LogP contribution in [0.4, 0.5) is 0 Å². The Bertz CT molecular complexity index is 909. The molecule has 7 heteroatoms. The highest BCUT2D eigenvalue weighted by Crippen LogP contribution is 2.32. The van der Waals surface area contributed by atoms with Crippen LogP contribution in [0.1, 0.15) is 16.1 Å². The maximum atomic E-state index is 12.2. The number of aromatic amines is 1. The van der Waals surface area contributed by atoms with Gasteiger partial charge in [0.05, 0.1) is 20.4 Å². The van der Waals surface area contributed by atoms with Crippen LogP contribution in [0.3, 0.4) is 0 Å². The fourth-order valence-corrected chi connectivity index (χ4v) is 2.57. The van der Waals surface area contributed by atoms with Crippen molar-refractivity contribution in [1.82, 2.24) is 10.4 Å². The van der Waals surface area contributed by atoms with Gasteiger partial charge in [-0.2, -0.15) is 5.10 Å². The first kappa shape index (κ1) is 16.9. The van der Waals surface area contributed by atoms with E-state index in [0.717, 1.165) is 16.5 Å². The van der Waals surface area contributed by atoms with Gasteiger partial charge in [0.2, 0.25) is 0 Å². The van der Waals surface area contributed by atoms with Crippen LogP contribution in [0.15, 0.2) is 47.6 Å². The SMILES string of the molecule is COc1cc2cc(C(=O)NN=Cc3ccccc3Cl)[nH]c2cc1OC. The molecule has 128 valence electrons. The van der Waals surface area contributed by atoms with Crippen LogP contribution in [0, 0.1) is 0 Å². The second-order valence-electron chi connectivity index (χ2n) is 5.20. The number of hydrogen-bond donors (Lipinski definition) is 2. The number of nitrogens with zero attached hydrogens (tertiary/aromatic N) is 1. The standard InChI is InChI=1S/C18H16ClN3O3/c1-24-16-8-12-7-15(21-14(12)9-17(16)25-2)18(23)22-20-10-11-5-3-4-6-13(11)19/h3-10,21H,1-2H3,(H,22,23). The quantitative estimate of drug-likeness (QED) is 0.541. The van der Waals surface area contributed by atoms with Gasteiger partial charge in [0.1, 0.15) is 5.69 Å². The van der Waals surface area contributed by atoms with E-state index in [9.17, 15) is 4.79 Å². The van der Waals surface area contributed by atoms with Crippen LogP contribution in [-0.2, 0) is 0 Å². The lowest BCUT2D eigenvalue weighted by Gasteiger charge is -2.06. The molecule has 25 heavy (non-hydrogen) atoms. The van der Waals surface area contributed by atoms with Gasteiger partial charge in [-0.3, -0.25) is 4.79 Å². The number of ether oxygens (including phenoxy) is 2. The number of fused-ring (bicyclic) bond motifs is 1. The van der Waals surface area contributed by atoms with Gasteiger partial charge in [0, 0.05) is 27.6 Å². The molecule has 0 aliphatic heterocycles. The summed E-state index contributed by atoms with van der Waals surface area (Å²) in [6.07, 6.45) is 1.49. The minimum atomic E-state index is -0.363. The summed E-state index contributed by atoms with van der Waals surface area (Å²) in [5.41, 5.74) is 4.33. The summed E-state index contributed by atoms with van der Waals surface area (Å²) in [6, 6.07) is 12.5. The van der Waals surface area contributed by atoms with Crippen LogP contribution in [0.2, 0.25) is 5.02 Å². The molecule has 0 aliphatic rings. The molecular weight excluding hydrogens is 342 g/mol. The third-order valence-electron chi connectivity index (χ3n) is 3.64. The summed E-state index contributed by atoms with van der Waals surface area (Å²) in [6.45, 7) is 0. The Morgan fingerprint density at radius 3 is 2.60 bits per heavy atom. The molecule has 1 heterocycles. The summed E-state index contributed by atoms with van der Waals surface area (Å²) in [5, 5.41) is 5.33. The molecular formula is C18H16ClN3O3. The van der Waals surface area contributed by atoms with E-state index in [-0.39, 0.29) is 5.91 Å². The summed E-state index contributed by atoms with van der Waals surface area (Å²) in [4.78, 5) is 15.3. The summed E-state index contributed by atoms with van der Waals surface area (Å²) < 4.78 is 10.5. The molecule has 1 aromatic heterocycles. The van der Waals surface area contributed by atoms with Crippen LogP contribution < -0.4 is 14.9 Å². The number of amides is 1. The number of benzene rings is 2. The summed E-state index contributed by atoms with van der Waals surface area (Å²) in [7, 11) is 3.12. The lowest BCUT2D eigenvalue weighted by molar-refractivity contribution is 0.0951. The predicted octanol–water partition coefficient (Wildman–Crippen LogP) is 3.60. The van der Waals surface area contributed by atoms with Gasteiger partial charge in [-0.15, -0.1) is 0 Å². The Kier molecular flexibility index (Phi) is 4.90. The highest BCUT2D eigenvalue weighted by atomic mass is 35.5. The Labute approximate surface area is 149 Å². The first-order chi connectivity index (χ1) is 12.1. The first-order valence-corrected chi connectivity index (χ1v) is 7.83. The monoisotopic (exact) mass is 357 g/mol. The highest BCUT2D eigenvalue weighted by Gasteiger charge is 2.12. The molecule has 0 saturated heterocycles. The third-order valence-corrected chi connectivity index (χ3v) is 3.99. The molecule has 2 aromatic carbocycles. The molecule has 2 N–H and O–H groups in total. The van der Waals surface area contributed by atoms with Crippen molar-refractivity contribution >= 4 is 34.6 Å². The molecule has 0 aliphatic carbocycles. The zero-order valence-electron chi connectivity index (χ0n) is 13.7. The number of halogens is 1. The van der Waals surface area contributed by atoms with E-state index in [1.165, 1.54) is 6.21 Å². The first-order valence-electron chi connectivity index (χ1n) is 7.45. The van der Waals surface area contributed by atoms with Crippen LogP contribution >= 0.6 is 11.6 Å². The molecule has 0 radical (unpaired) electrons. The summed E-state index contributed by atoms with van der Waals surface area (Å²) >= 11 is 6.03. The maximum Gasteiger partial charge on any atom is 0.287 e. The second kappa shape index (κ2) is 7.27. The van der Waals surface area contributed by atoms with E-state index in [4.69, 9.17) is 21.1 Å². The molecule has 0 bridgehead atoms. The van der Waals surface area contributed by atoms with Crippen molar-refractivity contribution in [3.8, 4) is 11.5 Å². The van der Waals surface area contributed by atoms with Crippen molar-refractivity contribution in [3.63, 3.8) is 0 Å². The third kappa shape index (κ3) is 3.59. The zero-order chi connectivity index (χ0) is 17.8. The van der Waals surface area contributed by atoms with E-state index in [0.29, 0.717) is 22.2 Å². The lowest BCUT2D eigenvalue weighted by atomic mass is 10.2. The number of nitrogens with one attached hydrogen (secondary N) is 2. The number of aromatic nitrogens is 1. The van der Waals surface area contributed by atoms with E-state index >= 15 is 0 Å². The van der Waals surface area contributed by atoms with Crippen LogP contribution in [-0.4, -0.2) is 31.3 Å². The van der Waals surface area contributed by atoms with Crippen molar-refractivity contribution in [2.24, 2.45) is 5.10 Å². The van der Waals surface area contributed by atoms with E-state index < -0.39 is 0 Å². The zero-order valence-corrected chi connectivity index (χ0v) is 14.4. The van der Waals surface area contributed by atoms with Crippen molar-refractivity contribution in [2.45, 2.75) is 0 Å². The number of H-pyrrole nitrogens is 1. The van der Waals surface area contributed by atoms with Gasteiger partial charge >= 0.3 is 0 Å². The van der Waals surface area contributed by atoms with E-state index in [1.54, 1.807) is 44.6 Å². The number of carbonyl (C=O) groups is 1. The molecule has 1 amide bonds. The molecule has 0 atom stereocenters. The average Bonchev–Trinajstić information content (AvgIpc) is 3.05. The van der Waals surface area contributed by atoms with Crippen LogP contribution in [0.5, 0.6) is 11.5 Å². The van der Waals surface area contributed by atoms with Crippen molar-refractivity contribution in [3.05, 3.63) is 58.7 Å². The predicted molar refractivity (Wildman–Crippen MR) is 97.9 cm³/mol. The molecule has 0 unspecified atom stereocenters. The molecule has 6 nitrogen and oxygen atoms in total. The molecule has 0 saturated carbocycles. The van der Waals surface area contributed by atoms with Gasteiger partial charge in [-0.05, 0) is 18.2 Å². The average molecular weight is 358 g/mol. The van der Waals surface area contributed by atoms with Gasteiger partial charge in [0.25, 0.3) is 5.91 Å². The minimum Gasteiger partial charge on any atom is -0.493 e. The largest absolute Gasteiger partial charge is 0.493 e. The Morgan fingerprint density at radius 1 is 1.16 bits per heavy atom. The topological polar surface area (TPSA) is 75.7 Å². The molecule has 3 rings (SSSR count). The number of hydrogen-bond acceptors (Lipinski definition) is 4. The molecule has 0 fully saturated rings. The van der Waals surface area contributed by atoms with Gasteiger partial charge < -0.3 is 14.5 Å². The fraction of sp³-hybridized carbons (Fsp3) is 0.111. The molecule has 3 aromatic rings. The number of carbonyl (C=O) groups excluding carboxylic acids is 1. The van der Waals surface area contributed by atoms with Crippen molar-refractivity contribution < 1.29 is 14.3 Å². The number of rotatable bonds is 5. The second-order valence-corrected chi connectivity index (χ2v) is 5.61. The smallest absolute Gasteiger partial charge is 0.287 e. The molecule has 0 spiro atoms. The summed E-state index contributed by atoms with van der Waals surface area (Å²) in [5.74, 6) is 0.815. The van der Waals surface area contributed by atoms with Crippen molar-refractivity contribution in [1.29, 1.82) is 0 Å². The normalized spacial score (nSPS) is 11.0. The van der Waals surface area contributed by atoms with E-state index in [2.05, 4.69) is 15.5 Å². The van der Waals surface area contributed by atoms with Gasteiger partial charge in [0.15, 0.2) is 11.5 Å². The fourth-order valence-electron chi connectivity index (χ4n) is 2.38. The Morgan fingerprint density at radius 2 is 1.88 bits per heavy atom. The number of methoxy groups -OCH3 is 2. The van der Waals surface area contributed by atoms with Crippen molar-refractivity contribution in [2.75, 3.05) is 14.2 Å². The van der Waals surface area contributed by atoms with E-state index in [1.807, 2.05) is 12.1 Å². The Balaban J connectivity index is 1.79. The minimum absolute atomic E-state index is 0.363. The highest BCUT2D eigenvalue weighted by molar-refractivity contribution is 6.33. The van der Waals surface area contributed by atoms with Gasteiger partial charge in [-0.25, -0.2) is 5.43 Å².